The minimum Gasteiger partial charge on any atom is -0.491 e. The first-order chi connectivity index (χ1) is 18.9. The Balaban J connectivity index is 1.29. The maximum Gasteiger partial charge on any atom is 0.410 e. The number of aromatic amines is 1. The van der Waals surface area contributed by atoms with Crippen molar-refractivity contribution in [3.8, 4) is 5.75 Å². The molecule has 1 aliphatic heterocycles. The highest BCUT2D eigenvalue weighted by Gasteiger charge is 2.35. The van der Waals surface area contributed by atoms with Crippen LogP contribution in [0.5, 0.6) is 5.75 Å². The number of rotatable bonds is 8. The Morgan fingerprint density at radius 2 is 2.03 bits per heavy atom. The highest BCUT2D eigenvalue weighted by molar-refractivity contribution is 6.31. The lowest BCUT2D eigenvalue weighted by molar-refractivity contribution is 0.0840. The Kier molecular flexibility index (Phi) is 7.99. The van der Waals surface area contributed by atoms with Crippen molar-refractivity contribution < 1.29 is 24.2 Å². The van der Waals surface area contributed by atoms with Gasteiger partial charge in [0.05, 0.1) is 6.61 Å². The Morgan fingerprint density at radius 1 is 1.21 bits per heavy atom. The largest absolute Gasteiger partial charge is 0.491 e. The summed E-state index contributed by atoms with van der Waals surface area (Å²) in [6.07, 6.45) is 0.934. The van der Waals surface area contributed by atoms with Crippen molar-refractivity contribution in [2.75, 3.05) is 26.3 Å². The Labute approximate surface area is 230 Å². The predicted molar refractivity (Wildman–Crippen MR) is 147 cm³/mol. The summed E-state index contributed by atoms with van der Waals surface area (Å²) < 4.78 is 11.1. The number of hydrogen-bond donors (Lipinski definition) is 3. The number of aromatic nitrogens is 2. The fourth-order valence-corrected chi connectivity index (χ4v) is 4.98. The van der Waals surface area contributed by atoms with Crippen LogP contribution in [-0.2, 0) is 11.2 Å². The maximum absolute atomic E-state index is 12.9. The fourth-order valence-electron chi connectivity index (χ4n) is 4.81. The molecule has 3 N–H and O–H groups in total. The van der Waals surface area contributed by atoms with Gasteiger partial charge in [0, 0.05) is 40.9 Å². The quantitative estimate of drug-likeness (QED) is 0.299. The molecule has 202 valence electrons. The molecule has 39 heavy (non-hydrogen) atoms. The van der Waals surface area contributed by atoms with E-state index in [1.54, 1.807) is 42.2 Å². The molecule has 0 fully saturated rings. The summed E-state index contributed by atoms with van der Waals surface area (Å²) in [6.45, 7) is 2.60. The first-order valence-corrected chi connectivity index (χ1v) is 13.2. The van der Waals surface area contributed by atoms with Crippen LogP contribution in [0.25, 0.3) is 10.9 Å². The Morgan fingerprint density at radius 3 is 2.77 bits per heavy atom. The topological polar surface area (TPSA) is 117 Å². The third-order valence-corrected chi connectivity index (χ3v) is 6.86. The van der Waals surface area contributed by atoms with E-state index in [1.807, 2.05) is 30.3 Å². The van der Waals surface area contributed by atoms with Crippen LogP contribution in [0.2, 0.25) is 5.02 Å². The molecule has 0 bridgehead atoms. The molecule has 2 aromatic carbocycles. The van der Waals surface area contributed by atoms with Gasteiger partial charge >= 0.3 is 6.09 Å². The smallest absolute Gasteiger partial charge is 0.410 e. The zero-order chi connectivity index (χ0) is 27.4. The number of pyridine rings is 1. The van der Waals surface area contributed by atoms with Crippen LogP contribution in [0.1, 0.15) is 40.3 Å². The molecular formula is C29H29ClN4O5. The number of carbonyl (C=O) groups is 2. The van der Waals surface area contributed by atoms with Gasteiger partial charge in [-0.05, 0) is 66.9 Å². The lowest BCUT2D eigenvalue weighted by Crippen LogP contribution is -2.41. The fraction of sp³-hybridized carbons (Fsp3) is 0.276. The summed E-state index contributed by atoms with van der Waals surface area (Å²) in [5, 5.41) is 14.6. The van der Waals surface area contributed by atoms with E-state index in [1.165, 1.54) is 6.20 Å². The molecule has 3 heterocycles. The van der Waals surface area contributed by atoms with Gasteiger partial charge in [-0.1, -0.05) is 29.8 Å². The van der Waals surface area contributed by atoms with Crippen molar-refractivity contribution in [1.29, 1.82) is 0 Å². The normalized spacial score (nSPS) is 15.5. The van der Waals surface area contributed by atoms with Gasteiger partial charge in [-0.3, -0.25) is 14.7 Å². The highest BCUT2D eigenvalue weighted by atomic mass is 35.5. The molecule has 5 rings (SSSR count). The van der Waals surface area contributed by atoms with E-state index in [-0.39, 0.29) is 43.5 Å². The molecule has 0 saturated heterocycles. The second kappa shape index (κ2) is 11.8. The Bertz CT molecular complexity index is 1460. The van der Waals surface area contributed by atoms with E-state index in [0.29, 0.717) is 23.7 Å². The minimum atomic E-state index is -0.907. The van der Waals surface area contributed by atoms with Crippen LogP contribution < -0.4 is 10.1 Å². The lowest BCUT2D eigenvalue weighted by atomic mass is 9.92. The van der Waals surface area contributed by atoms with Gasteiger partial charge < -0.3 is 24.9 Å². The molecule has 1 aliphatic rings. The highest BCUT2D eigenvalue weighted by Crippen LogP contribution is 2.39. The summed E-state index contributed by atoms with van der Waals surface area (Å²) in [7, 11) is 0. The van der Waals surface area contributed by atoms with Crippen LogP contribution in [0.3, 0.4) is 0 Å². The molecule has 2 unspecified atom stereocenters. The van der Waals surface area contributed by atoms with Crippen LogP contribution in [-0.4, -0.2) is 64.4 Å². The number of hydrogen-bond acceptors (Lipinski definition) is 6. The second-order valence-electron chi connectivity index (χ2n) is 9.21. The number of fused-ring (bicyclic) bond motifs is 3. The zero-order valence-electron chi connectivity index (χ0n) is 21.4. The van der Waals surface area contributed by atoms with Crippen LogP contribution in [0, 0.1) is 0 Å². The van der Waals surface area contributed by atoms with E-state index in [9.17, 15) is 14.7 Å². The summed E-state index contributed by atoms with van der Waals surface area (Å²) in [5.74, 6) is 0.187. The van der Waals surface area contributed by atoms with Crippen LogP contribution >= 0.6 is 11.6 Å². The number of H-pyrrole nitrogens is 1. The minimum absolute atomic E-state index is 0.00680. The van der Waals surface area contributed by atoms with E-state index in [0.717, 1.165) is 27.7 Å². The molecule has 2 amide bonds. The third kappa shape index (κ3) is 5.84. The van der Waals surface area contributed by atoms with Crippen molar-refractivity contribution in [2.24, 2.45) is 0 Å². The summed E-state index contributed by atoms with van der Waals surface area (Å²) in [5.41, 5.74) is 4.19. The van der Waals surface area contributed by atoms with Gasteiger partial charge in [0.2, 0.25) is 0 Å². The summed E-state index contributed by atoms with van der Waals surface area (Å²) >= 11 is 6.27. The molecule has 0 radical (unpaired) electrons. The van der Waals surface area contributed by atoms with Gasteiger partial charge in [0.15, 0.2) is 0 Å². The van der Waals surface area contributed by atoms with Crippen molar-refractivity contribution in [3.63, 3.8) is 0 Å². The van der Waals surface area contributed by atoms with Crippen LogP contribution in [0.4, 0.5) is 4.79 Å². The third-order valence-electron chi connectivity index (χ3n) is 6.63. The van der Waals surface area contributed by atoms with E-state index in [4.69, 9.17) is 21.1 Å². The van der Waals surface area contributed by atoms with Crippen molar-refractivity contribution in [3.05, 3.63) is 94.4 Å². The zero-order valence-corrected chi connectivity index (χ0v) is 22.1. The molecule has 4 aromatic rings. The number of aliphatic hydroxyl groups excluding tert-OH is 1. The second-order valence-corrected chi connectivity index (χ2v) is 9.65. The number of aliphatic hydroxyl groups is 1. The van der Waals surface area contributed by atoms with Gasteiger partial charge in [-0.15, -0.1) is 0 Å². The number of amides is 2. The molecule has 0 spiro atoms. The summed E-state index contributed by atoms with van der Waals surface area (Å²) in [6, 6.07) is 17.8. The number of ether oxygens (including phenoxy) is 2. The van der Waals surface area contributed by atoms with E-state index in [2.05, 4.69) is 15.3 Å². The number of nitrogens with zero attached hydrogens (tertiary/aromatic N) is 2. The van der Waals surface area contributed by atoms with E-state index >= 15 is 0 Å². The average molecular weight is 549 g/mol. The van der Waals surface area contributed by atoms with Gasteiger partial charge in [0.1, 0.15) is 30.2 Å². The monoisotopic (exact) mass is 548 g/mol. The SMILES string of the molecule is CCOC(=O)N1CCc2c([nH]c3ccc(Cl)cc23)C1c1ccc(OCC(O)CNC(=O)c2ccccn2)cc1. The van der Waals surface area contributed by atoms with E-state index < -0.39 is 6.10 Å². The van der Waals surface area contributed by atoms with Crippen molar-refractivity contribution in [2.45, 2.75) is 25.5 Å². The van der Waals surface area contributed by atoms with Crippen molar-refractivity contribution >= 4 is 34.5 Å². The predicted octanol–water partition coefficient (Wildman–Crippen LogP) is 4.49. The van der Waals surface area contributed by atoms with Crippen molar-refractivity contribution in [1.82, 2.24) is 20.2 Å². The summed E-state index contributed by atoms with van der Waals surface area (Å²) in [4.78, 5) is 34.2. The molecular weight excluding hydrogens is 520 g/mol. The van der Waals surface area contributed by atoms with Gasteiger partial charge in [0.25, 0.3) is 5.91 Å². The average Bonchev–Trinajstić information content (AvgIpc) is 3.33. The maximum atomic E-state index is 12.9. The number of halogens is 1. The molecule has 2 atom stereocenters. The molecule has 0 aliphatic carbocycles. The lowest BCUT2D eigenvalue weighted by Gasteiger charge is -2.35. The number of carbonyl (C=O) groups excluding carboxylic acids is 2. The molecule has 9 nitrogen and oxygen atoms in total. The molecule has 0 saturated carbocycles. The number of nitrogens with one attached hydrogen (secondary N) is 2. The first-order valence-electron chi connectivity index (χ1n) is 12.8. The first kappa shape index (κ1) is 26.5. The Hall–Kier alpha value is -4.08. The van der Waals surface area contributed by atoms with Gasteiger partial charge in [-0.2, -0.15) is 0 Å². The van der Waals surface area contributed by atoms with Gasteiger partial charge in [-0.25, -0.2) is 4.79 Å². The number of benzene rings is 2. The molecule has 2 aromatic heterocycles. The van der Waals surface area contributed by atoms with Crippen LogP contribution in [0.15, 0.2) is 66.9 Å². The standard InChI is InChI=1S/C29H29ClN4O5/c1-2-38-29(37)34-14-12-22-23-15-19(30)8-11-24(23)33-26(22)27(34)18-6-9-21(10-7-18)39-17-20(35)16-32-28(36)25-5-3-4-13-31-25/h3-11,13,15,20,27,33,35H,2,12,14,16-17H2,1H3,(H,32,36). The molecule has 10 heteroatoms.